The van der Waals surface area contributed by atoms with Crippen molar-refractivity contribution in [3.05, 3.63) is 18.2 Å². The third-order valence-electron chi connectivity index (χ3n) is 2.11. The molecule has 18 heavy (non-hydrogen) atoms. The van der Waals surface area contributed by atoms with Gasteiger partial charge in [0.25, 0.3) is 0 Å². The molecule has 1 aromatic carbocycles. The molecule has 0 spiro atoms. The van der Waals surface area contributed by atoms with Crippen molar-refractivity contribution in [2.75, 3.05) is 18.2 Å². The van der Waals surface area contributed by atoms with E-state index in [9.17, 15) is 13.2 Å². The van der Waals surface area contributed by atoms with Gasteiger partial charge in [-0.2, -0.15) is 0 Å². The maximum Gasteiger partial charge on any atom is 0.221 e. The van der Waals surface area contributed by atoms with Gasteiger partial charge in [0.2, 0.25) is 5.91 Å². The molecule has 6 heteroatoms. The molecule has 1 amide bonds. The number of terminal acetylenes is 1. The SMILES string of the molecule is C#CCS(=O)(=O)c1ccc(OC)c(NC(C)=O)c1. The number of methoxy groups -OCH3 is 1. The maximum absolute atomic E-state index is 11.8. The van der Waals surface area contributed by atoms with Crippen molar-refractivity contribution in [3.8, 4) is 18.1 Å². The normalized spacial score (nSPS) is 10.5. The Morgan fingerprint density at radius 2 is 2.17 bits per heavy atom. The van der Waals surface area contributed by atoms with E-state index >= 15 is 0 Å². The van der Waals surface area contributed by atoms with Gasteiger partial charge in [0.1, 0.15) is 11.5 Å². The van der Waals surface area contributed by atoms with Gasteiger partial charge in [0, 0.05) is 6.92 Å². The third-order valence-corrected chi connectivity index (χ3v) is 3.63. The number of anilines is 1. The highest BCUT2D eigenvalue weighted by atomic mass is 32.2. The Balaban J connectivity index is 3.27. The minimum Gasteiger partial charge on any atom is -0.495 e. The standard InChI is InChI=1S/C12H13NO4S/c1-4-7-18(15,16)10-5-6-12(17-3)11(8-10)13-9(2)14/h1,5-6,8H,7H2,2-3H3,(H,13,14). The number of rotatable bonds is 4. The smallest absolute Gasteiger partial charge is 0.221 e. The van der Waals surface area contributed by atoms with Crippen molar-refractivity contribution in [1.82, 2.24) is 0 Å². The summed E-state index contributed by atoms with van der Waals surface area (Å²) in [5.41, 5.74) is 0.295. The first kappa shape index (κ1) is 14.1. The molecule has 0 radical (unpaired) electrons. The molecule has 0 unspecified atom stereocenters. The van der Waals surface area contributed by atoms with Crippen LogP contribution in [0, 0.1) is 12.3 Å². The molecule has 0 aromatic heterocycles. The van der Waals surface area contributed by atoms with Crippen LogP contribution in [0.1, 0.15) is 6.92 Å². The van der Waals surface area contributed by atoms with Crippen molar-refractivity contribution in [1.29, 1.82) is 0 Å². The first-order chi connectivity index (χ1) is 8.40. The number of carbonyl (C=O) groups excluding carboxylic acids is 1. The van der Waals surface area contributed by atoms with Gasteiger partial charge in [-0.05, 0) is 18.2 Å². The van der Waals surface area contributed by atoms with E-state index in [1.807, 2.05) is 0 Å². The van der Waals surface area contributed by atoms with Gasteiger partial charge < -0.3 is 10.1 Å². The molecule has 0 heterocycles. The number of amides is 1. The zero-order valence-corrected chi connectivity index (χ0v) is 10.9. The lowest BCUT2D eigenvalue weighted by molar-refractivity contribution is -0.114. The van der Waals surface area contributed by atoms with Gasteiger partial charge >= 0.3 is 0 Å². The van der Waals surface area contributed by atoms with Crippen LogP contribution in [-0.4, -0.2) is 27.2 Å². The van der Waals surface area contributed by atoms with Crippen molar-refractivity contribution in [2.24, 2.45) is 0 Å². The molecule has 0 bridgehead atoms. The van der Waals surface area contributed by atoms with Crippen LogP contribution in [0.4, 0.5) is 5.69 Å². The number of nitrogens with one attached hydrogen (secondary N) is 1. The fourth-order valence-corrected chi connectivity index (χ4v) is 2.32. The number of ether oxygens (including phenoxy) is 1. The summed E-state index contributed by atoms with van der Waals surface area (Å²) >= 11 is 0. The zero-order valence-electron chi connectivity index (χ0n) is 10.1. The van der Waals surface area contributed by atoms with E-state index in [0.717, 1.165) is 0 Å². The van der Waals surface area contributed by atoms with Crippen LogP contribution >= 0.6 is 0 Å². The Morgan fingerprint density at radius 1 is 1.50 bits per heavy atom. The summed E-state index contributed by atoms with van der Waals surface area (Å²) in [6, 6.07) is 4.18. The number of hydrogen-bond donors (Lipinski definition) is 1. The Kier molecular flexibility index (Phi) is 4.34. The van der Waals surface area contributed by atoms with Crippen molar-refractivity contribution in [3.63, 3.8) is 0 Å². The van der Waals surface area contributed by atoms with E-state index in [0.29, 0.717) is 11.4 Å². The maximum atomic E-state index is 11.8. The molecule has 1 rings (SSSR count). The summed E-state index contributed by atoms with van der Waals surface area (Å²) in [6.07, 6.45) is 5.00. The molecule has 0 fully saturated rings. The molecule has 0 saturated carbocycles. The highest BCUT2D eigenvalue weighted by Gasteiger charge is 2.16. The van der Waals surface area contributed by atoms with Crippen LogP contribution in [0.2, 0.25) is 0 Å². The molecule has 0 aliphatic rings. The van der Waals surface area contributed by atoms with Crippen molar-refractivity contribution < 1.29 is 17.9 Å². The Bertz CT molecular complexity index is 599. The summed E-state index contributed by atoms with van der Waals surface area (Å²) in [5, 5.41) is 2.50. The molecule has 0 saturated heterocycles. The van der Waals surface area contributed by atoms with Gasteiger partial charge in [0.05, 0.1) is 17.7 Å². The average Bonchev–Trinajstić information content (AvgIpc) is 2.28. The summed E-state index contributed by atoms with van der Waals surface area (Å²) in [5.74, 6) is 1.76. The summed E-state index contributed by atoms with van der Waals surface area (Å²) in [7, 11) is -2.11. The fraction of sp³-hybridized carbons (Fsp3) is 0.250. The summed E-state index contributed by atoms with van der Waals surface area (Å²) < 4.78 is 28.6. The van der Waals surface area contributed by atoms with E-state index in [1.54, 1.807) is 0 Å². The number of hydrogen-bond acceptors (Lipinski definition) is 4. The minimum absolute atomic E-state index is 0.0463. The largest absolute Gasteiger partial charge is 0.495 e. The monoisotopic (exact) mass is 267 g/mol. The molecule has 96 valence electrons. The molecule has 0 aliphatic carbocycles. The number of carbonyl (C=O) groups is 1. The van der Waals surface area contributed by atoms with E-state index in [2.05, 4.69) is 11.2 Å². The lowest BCUT2D eigenvalue weighted by atomic mass is 10.3. The highest BCUT2D eigenvalue weighted by Crippen LogP contribution is 2.27. The molecular weight excluding hydrogens is 254 g/mol. The Labute approximate surface area is 106 Å². The van der Waals surface area contributed by atoms with Gasteiger partial charge in [0.15, 0.2) is 9.84 Å². The van der Waals surface area contributed by atoms with E-state index in [1.165, 1.54) is 32.2 Å². The predicted molar refractivity (Wildman–Crippen MR) is 68.2 cm³/mol. The first-order valence-corrected chi connectivity index (χ1v) is 6.68. The van der Waals surface area contributed by atoms with E-state index < -0.39 is 15.6 Å². The Hall–Kier alpha value is -2.00. The third kappa shape index (κ3) is 3.25. The summed E-state index contributed by atoms with van der Waals surface area (Å²) in [4.78, 5) is 11.1. The second-order valence-corrected chi connectivity index (χ2v) is 5.50. The lowest BCUT2D eigenvalue weighted by Crippen LogP contribution is -2.10. The highest BCUT2D eigenvalue weighted by molar-refractivity contribution is 7.91. The van der Waals surface area contributed by atoms with Crippen LogP contribution < -0.4 is 10.1 Å². The minimum atomic E-state index is -3.54. The quantitative estimate of drug-likeness (QED) is 0.828. The average molecular weight is 267 g/mol. The topological polar surface area (TPSA) is 72.5 Å². The van der Waals surface area contributed by atoms with Gasteiger partial charge in [-0.3, -0.25) is 4.79 Å². The van der Waals surface area contributed by atoms with Gasteiger partial charge in [-0.1, -0.05) is 5.92 Å². The number of benzene rings is 1. The molecule has 5 nitrogen and oxygen atoms in total. The molecule has 0 atom stereocenters. The van der Waals surface area contributed by atoms with Crippen LogP contribution in [0.15, 0.2) is 23.1 Å². The van der Waals surface area contributed by atoms with Crippen LogP contribution in [0.3, 0.4) is 0 Å². The van der Waals surface area contributed by atoms with Crippen LogP contribution in [0.5, 0.6) is 5.75 Å². The molecular formula is C12H13NO4S. The zero-order chi connectivity index (χ0) is 13.8. The second kappa shape index (κ2) is 5.56. The molecule has 1 aromatic rings. The van der Waals surface area contributed by atoms with Crippen LogP contribution in [-0.2, 0) is 14.6 Å². The van der Waals surface area contributed by atoms with E-state index in [-0.39, 0.29) is 10.8 Å². The van der Waals surface area contributed by atoms with Gasteiger partial charge in [-0.25, -0.2) is 8.42 Å². The molecule has 0 aliphatic heterocycles. The lowest BCUT2D eigenvalue weighted by Gasteiger charge is -2.10. The van der Waals surface area contributed by atoms with Crippen molar-refractivity contribution >= 4 is 21.4 Å². The van der Waals surface area contributed by atoms with Gasteiger partial charge in [-0.15, -0.1) is 6.42 Å². The van der Waals surface area contributed by atoms with Crippen molar-refractivity contribution in [2.45, 2.75) is 11.8 Å². The molecule has 1 N–H and O–H groups in total. The second-order valence-electron chi connectivity index (χ2n) is 3.51. The summed E-state index contributed by atoms with van der Waals surface area (Å²) in [6.45, 7) is 1.32. The predicted octanol–water partition coefficient (Wildman–Crippen LogP) is 1.06. The first-order valence-electron chi connectivity index (χ1n) is 5.02. The number of sulfone groups is 1. The van der Waals surface area contributed by atoms with E-state index in [4.69, 9.17) is 11.2 Å². The Morgan fingerprint density at radius 3 is 2.67 bits per heavy atom. The van der Waals surface area contributed by atoms with Crippen LogP contribution in [0.25, 0.3) is 0 Å². The fourth-order valence-electron chi connectivity index (χ4n) is 1.36.